The summed E-state index contributed by atoms with van der Waals surface area (Å²) in [6, 6.07) is 6.09. The monoisotopic (exact) mass is 244 g/mol. The van der Waals surface area contributed by atoms with Gasteiger partial charge >= 0.3 is 0 Å². The van der Waals surface area contributed by atoms with E-state index in [1.807, 2.05) is 24.4 Å². The molecule has 96 valence electrons. The molecule has 0 bridgehead atoms. The first-order valence-electron chi connectivity index (χ1n) is 6.54. The van der Waals surface area contributed by atoms with Crippen LogP contribution in [0.5, 0.6) is 0 Å². The highest BCUT2D eigenvalue weighted by atomic mass is 15.2. The van der Waals surface area contributed by atoms with Gasteiger partial charge in [0.1, 0.15) is 5.65 Å². The summed E-state index contributed by atoms with van der Waals surface area (Å²) in [5.74, 6) is 0. The van der Waals surface area contributed by atoms with Gasteiger partial charge in [0.05, 0.1) is 5.69 Å². The van der Waals surface area contributed by atoms with Gasteiger partial charge in [-0.25, -0.2) is 4.98 Å². The third-order valence-corrected chi connectivity index (χ3v) is 3.93. The van der Waals surface area contributed by atoms with E-state index < -0.39 is 0 Å². The van der Waals surface area contributed by atoms with E-state index in [0.29, 0.717) is 5.41 Å². The molecule has 18 heavy (non-hydrogen) atoms. The highest BCUT2D eigenvalue weighted by Crippen LogP contribution is 2.29. The number of likely N-dealkylation sites (tertiary alicyclic amines) is 1. The summed E-state index contributed by atoms with van der Waals surface area (Å²) in [6.45, 7) is 6.18. The molecular formula is C14H20N4. The molecule has 1 unspecified atom stereocenters. The molecule has 0 amide bonds. The Morgan fingerprint density at radius 1 is 1.44 bits per heavy atom. The number of nitrogens with zero attached hydrogens (tertiary/aromatic N) is 3. The summed E-state index contributed by atoms with van der Waals surface area (Å²) in [6.07, 6.45) is 5.35. The van der Waals surface area contributed by atoms with Gasteiger partial charge in [-0.1, -0.05) is 13.0 Å². The van der Waals surface area contributed by atoms with Crippen LogP contribution in [-0.2, 0) is 6.54 Å². The van der Waals surface area contributed by atoms with Crippen molar-refractivity contribution in [3.63, 3.8) is 0 Å². The van der Waals surface area contributed by atoms with Crippen LogP contribution in [0.1, 0.15) is 19.0 Å². The molecule has 1 aliphatic heterocycles. The lowest BCUT2D eigenvalue weighted by molar-refractivity contribution is 0.272. The Balaban J connectivity index is 1.73. The Morgan fingerprint density at radius 3 is 3.06 bits per heavy atom. The van der Waals surface area contributed by atoms with Crippen LogP contribution in [0.4, 0.5) is 0 Å². The van der Waals surface area contributed by atoms with Gasteiger partial charge in [0.25, 0.3) is 0 Å². The van der Waals surface area contributed by atoms with E-state index in [-0.39, 0.29) is 0 Å². The van der Waals surface area contributed by atoms with Gasteiger partial charge in [-0.05, 0) is 37.1 Å². The van der Waals surface area contributed by atoms with Crippen molar-refractivity contribution in [3.8, 4) is 0 Å². The number of nitrogens with two attached hydrogens (primary N) is 1. The predicted molar refractivity (Wildman–Crippen MR) is 72.2 cm³/mol. The minimum Gasteiger partial charge on any atom is -0.330 e. The van der Waals surface area contributed by atoms with E-state index in [9.17, 15) is 0 Å². The minimum atomic E-state index is 0.291. The summed E-state index contributed by atoms with van der Waals surface area (Å²) in [5, 5.41) is 0. The van der Waals surface area contributed by atoms with Crippen molar-refractivity contribution < 1.29 is 0 Å². The maximum Gasteiger partial charge on any atom is 0.137 e. The normalized spacial score (nSPS) is 25.0. The first-order valence-corrected chi connectivity index (χ1v) is 6.54. The fourth-order valence-electron chi connectivity index (χ4n) is 2.72. The van der Waals surface area contributed by atoms with Crippen LogP contribution >= 0.6 is 0 Å². The fourth-order valence-corrected chi connectivity index (χ4v) is 2.72. The predicted octanol–water partition coefficient (Wildman–Crippen LogP) is 1.50. The number of imidazole rings is 1. The number of hydrogen-bond acceptors (Lipinski definition) is 3. The zero-order chi connectivity index (χ0) is 12.6. The van der Waals surface area contributed by atoms with Crippen LogP contribution in [-0.4, -0.2) is 33.9 Å². The summed E-state index contributed by atoms with van der Waals surface area (Å²) in [5.41, 5.74) is 8.29. The second-order valence-corrected chi connectivity index (χ2v) is 5.67. The molecule has 1 saturated heterocycles. The van der Waals surface area contributed by atoms with Crippen molar-refractivity contribution in [2.24, 2.45) is 11.1 Å². The molecular weight excluding hydrogens is 224 g/mol. The largest absolute Gasteiger partial charge is 0.330 e. The average Bonchev–Trinajstić information content (AvgIpc) is 2.93. The van der Waals surface area contributed by atoms with Crippen LogP contribution in [0.3, 0.4) is 0 Å². The standard InChI is InChI=1S/C14H20N4/c1-14(10-15)5-7-17(11-14)8-12-9-18-6-3-2-4-13(18)16-12/h2-4,6,9H,5,7-8,10-11,15H2,1H3. The Morgan fingerprint density at radius 2 is 2.33 bits per heavy atom. The Hall–Kier alpha value is -1.39. The lowest BCUT2D eigenvalue weighted by atomic mass is 9.90. The third kappa shape index (κ3) is 2.13. The quantitative estimate of drug-likeness (QED) is 0.890. The van der Waals surface area contributed by atoms with Crippen molar-refractivity contribution in [1.82, 2.24) is 14.3 Å². The zero-order valence-electron chi connectivity index (χ0n) is 10.8. The molecule has 0 radical (unpaired) electrons. The van der Waals surface area contributed by atoms with Crippen molar-refractivity contribution >= 4 is 5.65 Å². The molecule has 2 aromatic heterocycles. The maximum atomic E-state index is 5.84. The first-order chi connectivity index (χ1) is 8.68. The van der Waals surface area contributed by atoms with Crippen molar-refractivity contribution in [2.45, 2.75) is 19.9 Å². The Bertz CT molecular complexity index is 514. The molecule has 4 heteroatoms. The maximum absolute atomic E-state index is 5.84. The topological polar surface area (TPSA) is 46.6 Å². The van der Waals surface area contributed by atoms with Crippen molar-refractivity contribution in [2.75, 3.05) is 19.6 Å². The Labute approximate surface area is 107 Å². The van der Waals surface area contributed by atoms with Crippen LogP contribution in [0, 0.1) is 5.41 Å². The van der Waals surface area contributed by atoms with Gasteiger partial charge < -0.3 is 10.1 Å². The highest BCUT2D eigenvalue weighted by Gasteiger charge is 2.32. The molecule has 2 N–H and O–H groups in total. The summed E-state index contributed by atoms with van der Waals surface area (Å²) >= 11 is 0. The summed E-state index contributed by atoms with van der Waals surface area (Å²) in [4.78, 5) is 7.09. The van der Waals surface area contributed by atoms with E-state index >= 15 is 0 Å². The van der Waals surface area contributed by atoms with Gasteiger partial charge in [-0.15, -0.1) is 0 Å². The van der Waals surface area contributed by atoms with Crippen LogP contribution in [0.2, 0.25) is 0 Å². The first kappa shape index (κ1) is 11.7. The van der Waals surface area contributed by atoms with E-state index in [4.69, 9.17) is 5.73 Å². The van der Waals surface area contributed by atoms with Crippen molar-refractivity contribution in [3.05, 3.63) is 36.3 Å². The molecule has 1 aliphatic rings. The van der Waals surface area contributed by atoms with E-state index in [2.05, 4.69) is 27.4 Å². The minimum absolute atomic E-state index is 0.291. The lowest BCUT2D eigenvalue weighted by Gasteiger charge is -2.22. The molecule has 0 spiro atoms. The number of aromatic nitrogens is 2. The molecule has 1 atom stereocenters. The molecule has 0 aliphatic carbocycles. The highest BCUT2D eigenvalue weighted by molar-refractivity contribution is 5.39. The third-order valence-electron chi connectivity index (χ3n) is 3.93. The second-order valence-electron chi connectivity index (χ2n) is 5.67. The number of rotatable bonds is 3. The zero-order valence-corrected chi connectivity index (χ0v) is 10.8. The van der Waals surface area contributed by atoms with E-state index in [0.717, 1.165) is 37.5 Å². The average molecular weight is 244 g/mol. The number of fused-ring (bicyclic) bond motifs is 1. The number of pyridine rings is 1. The lowest BCUT2D eigenvalue weighted by Crippen LogP contribution is -2.31. The van der Waals surface area contributed by atoms with Gasteiger partial charge in [0.15, 0.2) is 0 Å². The van der Waals surface area contributed by atoms with E-state index in [1.54, 1.807) is 0 Å². The molecule has 4 nitrogen and oxygen atoms in total. The van der Waals surface area contributed by atoms with Gasteiger partial charge in [0.2, 0.25) is 0 Å². The van der Waals surface area contributed by atoms with Gasteiger partial charge in [0, 0.05) is 25.5 Å². The fraction of sp³-hybridized carbons (Fsp3) is 0.500. The molecule has 0 saturated carbocycles. The van der Waals surface area contributed by atoms with Gasteiger partial charge in [-0.2, -0.15) is 0 Å². The van der Waals surface area contributed by atoms with Crippen LogP contribution < -0.4 is 5.73 Å². The van der Waals surface area contributed by atoms with Crippen LogP contribution in [0.25, 0.3) is 5.65 Å². The molecule has 0 aromatic carbocycles. The second kappa shape index (κ2) is 4.37. The van der Waals surface area contributed by atoms with Gasteiger partial charge in [-0.3, -0.25) is 4.90 Å². The SMILES string of the molecule is CC1(CN)CCN(Cc2cn3ccccc3n2)C1. The molecule has 3 rings (SSSR count). The summed E-state index contributed by atoms with van der Waals surface area (Å²) < 4.78 is 2.08. The van der Waals surface area contributed by atoms with E-state index in [1.165, 1.54) is 6.42 Å². The Kier molecular flexibility index (Phi) is 2.84. The molecule has 1 fully saturated rings. The molecule has 3 heterocycles. The summed E-state index contributed by atoms with van der Waals surface area (Å²) in [7, 11) is 0. The number of hydrogen-bond donors (Lipinski definition) is 1. The van der Waals surface area contributed by atoms with Crippen molar-refractivity contribution in [1.29, 1.82) is 0 Å². The molecule has 2 aromatic rings. The van der Waals surface area contributed by atoms with Crippen LogP contribution in [0.15, 0.2) is 30.6 Å². The smallest absolute Gasteiger partial charge is 0.137 e.